The van der Waals surface area contributed by atoms with E-state index in [2.05, 4.69) is 4.98 Å². The number of aromatic nitrogens is 1. The number of halogens is 3. The Morgan fingerprint density at radius 1 is 1.17 bits per heavy atom. The number of rotatable bonds is 4. The molecule has 7 heteroatoms. The number of benzene rings is 1. The number of carbonyl (C=O) groups excluding carboxylic acids is 1. The second-order valence-electron chi connectivity index (χ2n) is 5.30. The molecule has 0 aliphatic rings. The van der Waals surface area contributed by atoms with E-state index >= 15 is 0 Å². The highest BCUT2D eigenvalue weighted by Crippen LogP contribution is 2.28. The molecule has 0 saturated carbocycles. The van der Waals surface area contributed by atoms with Crippen LogP contribution in [-0.2, 0) is 6.18 Å². The smallest absolute Gasteiger partial charge is 0.433 e. The number of methoxy groups -OCH3 is 1. The van der Waals surface area contributed by atoms with Gasteiger partial charge in [-0.15, -0.1) is 0 Å². The lowest BCUT2D eigenvalue weighted by molar-refractivity contribution is -0.141. The van der Waals surface area contributed by atoms with Crippen LogP contribution in [0.15, 0.2) is 42.6 Å². The topological polar surface area (TPSA) is 42.4 Å². The first kappa shape index (κ1) is 17.8. The zero-order valence-electron chi connectivity index (χ0n) is 13.5. The highest BCUT2D eigenvalue weighted by molar-refractivity contribution is 5.94. The third kappa shape index (κ3) is 3.84. The standard InChI is InChI=1S/C17H17F3N2O2/c1-11(12-4-7-14(24-3)8-5-12)22(2)16(23)13-6-9-15(21-10-13)17(18,19)20/h4-11H,1-3H3. The van der Waals surface area contributed by atoms with Crippen LogP contribution in [0.4, 0.5) is 13.2 Å². The van der Waals surface area contributed by atoms with Gasteiger partial charge in [0.05, 0.1) is 18.7 Å². The normalized spacial score (nSPS) is 12.6. The first-order valence-electron chi connectivity index (χ1n) is 7.18. The van der Waals surface area contributed by atoms with Gasteiger partial charge in [-0.1, -0.05) is 12.1 Å². The summed E-state index contributed by atoms with van der Waals surface area (Å²) in [6.07, 6.45) is -3.58. The van der Waals surface area contributed by atoms with Crippen LogP contribution in [0, 0.1) is 0 Å². The number of nitrogens with zero attached hydrogens (tertiary/aromatic N) is 2. The third-order valence-corrected chi connectivity index (χ3v) is 3.80. The molecule has 0 radical (unpaired) electrons. The SMILES string of the molecule is COc1ccc(C(C)N(C)C(=O)c2ccc(C(F)(F)F)nc2)cc1. The number of amides is 1. The summed E-state index contributed by atoms with van der Waals surface area (Å²) in [5.41, 5.74) is -0.0395. The van der Waals surface area contributed by atoms with Crippen molar-refractivity contribution in [3.8, 4) is 5.75 Å². The summed E-state index contributed by atoms with van der Waals surface area (Å²) in [6.45, 7) is 1.83. The van der Waals surface area contributed by atoms with Gasteiger partial charge < -0.3 is 9.64 Å². The average molecular weight is 338 g/mol. The lowest BCUT2D eigenvalue weighted by Gasteiger charge is -2.25. The Morgan fingerprint density at radius 2 is 1.79 bits per heavy atom. The van der Waals surface area contributed by atoms with Gasteiger partial charge in [-0.3, -0.25) is 9.78 Å². The Bertz CT molecular complexity index is 697. The lowest BCUT2D eigenvalue weighted by atomic mass is 10.1. The Labute approximate surface area is 137 Å². The van der Waals surface area contributed by atoms with Gasteiger partial charge in [0.15, 0.2) is 0 Å². The molecular formula is C17H17F3N2O2. The summed E-state index contributed by atoms with van der Waals surface area (Å²) < 4.78 is 42.7. The van der Waals surface area contributed by atoms with E-state index in [0.717, 1.165) is 23.9 Å². The molecular weight excluding hydrogens is 321 g/mol. The molecule has 1 heterocycles. The van der Waals surface area contributed by atoms with Crippen molar-refractivity contribution in [1.29, 1.82) is 0 Å². The van der Waals surface area contributed by atoms with Crippen LogP contribution < -0.4 is 4.74 Å². The van der Waals surface area contributed by atoms with Gasteiger partial charge >= 0.3 is 6.18 Å². The summed E-state index contributed by atoms with van der Waals surface area (Å²) in [6, 6.07) is 8.91. The van der Waals surface area contributed by atoms with Gasteiger partial charge in [0.2, 0.25) is 0 Å². The largest absolute Gasteiger partial charge is 0.497 e. The molecule has 0 aliphatic carbocycles. The summed E-state index contributed by atoms with van der Waals surface area (Å²) in [7, 11) is 3.15. The minimum atomic E-state index is -4.52. The Morgan fingerprint density at radius 3 is 2.25 bits per heavy atom. The maximum absolute atomic E-state index is 12.5. The van der Waals surface area contributed by atoms with Crippen LogP contribution in [0.2, 0.25) is 0 Å². The molecule has 0 bridgehead atoms. The zero-order chi connectivity index (χ0) is 17.9. The summed E-state index contributed by atoms with van der Waals surface area (Å²) in [5, 5.41) is 0. The van der Waals surface area contributed by atoms with Crippen molar-refractivity contribution in [3.05, 3.63) is 59.4 Å². The van der Waals surface area contributed by atoms with E-state index < -0.39 is 17.8 Å². The molecule has 128 valence electrons. The molecule has 1 aromatic heterocycles. The highest BCUT2D eigenvalue weighted by Gasteiger charge is 2.32. The molecule has 1 aromatic carbocycles. The van der Waals surface area contributed by atoms with E-state index in [1.807, 2.05) is 19.1 Å². The van der Waals surface area contributed by atoms with Crippen molar-refractivity contribution in [1.82, 2.24) is 9.88 Å². The minimum Gasteiger partial charge on any atom is -0.497 e. The van der Waals surface area contributed by atoms with Crippen LogP contribution in [0.5, 0.6) is 5.75 Å². The monoisotopic (exact) mass is 338 g/mol. The molecule has 0 aliphatic heterocycles. The molecule has 0 saturated heterocycles. The summed E-state index contributed by atoms with van der Waals surface area (Å²) in [5.74, 6) is 0.298. The van der Waals surface area contributed by atoms with Gasteiger partial charge in [0, 0.05) is 13.2 Å². The van der Waals surface area contributed by atoms with Crippen LogP contribution in [0.1, 0.15) is 34.6 Å². The predicted molar refractivity (Wildman–Crippen MR) is 82.7 cm³/mol. The second-order valence-corrected chi connectivity index (χ2v) is 5.30. The van der Waals surface area contributed by atoms with Gasteiger partial charge in [0.25, 0.3) is 5.91 Å². The second kappa shape index (κ2) is 6.90. The highest BCUT2D eigenvalue weighted by atomic mass is 19.4. The van der Waals surface area contributed by atoms with E-state index in [4.69, 9.17) is 4.74 Å². The van der Waals surface area contributed by atoms with Gasteiger partial charge in [0.1, 0.15) is 11.4 Å². The van der Waals surface area contributed by atoms with Gasteiger partial charge in [-0.2, -0.15) is 13.2 Å². The minimum absolute atomic E-state index is 0.103. The van der Waals surface area contributed by atoms with E-state index in [-0.39, 0.29) is 11.6 Å². The fraction of sp³-hybridized carbons (Fsp3) is 0.294. The van der Waals surface area contributed by atoms with E-state index in [9.17, 15) is 18.0 Å². The number of carbonyl (C=O) groups is 1. The third-order valence-electron chi connectivity index (χ3n) is 3.80. The molecule has 0 fully saturated rings. The molecule has 2 aromatic rings. The fourth-order valence-electron chi connectivity index (χ4n) is 2.17. The maximum atomic E-state index is 12.5. The first-order valence-corrected chi connectivity index (χ1v) is 7.18. The maximum Gasteiger partial charge on any atom is 0.433 e. The van der Waals surface area contributed by atoms with Gasteiger partial charge in [-0.05, 0) is 36.8 Å². The van der Waals surface area contributed by atoms with Crippen molar-refractivity contribution in [3.63, 3.8) is 0 Å². The number of ether oxygens (including phenoxy) is 1. The Hall–Kier alpha value is -2.57. The quantitative estimate of drug-likeness (QED) is 0.848. The fourth-order valence-corrected chi connectivity index (χ4v) is 2.17. The molecule has 2 rings (SSSR count). The molecule has 0 spiro atoms. The van der Waals surface area contributed by atoms with Crippen molar-refractivity contribution in [2.24, 2.45) is 0 Å². The van der Waals surface area contributed by atoms with E-state index in [0.29, 0.717) is 5.75 Å². The van der Waals surface area contributed by atoms with Gasteiger partial charge in [-0.25, -0.2) is 0 Å². The molecule has 1 atom stereocenters. The van der Waals surface area contributed by atoms with Crippen molar-refractivity contribution in [2.75, 3.05) is 14.2 Å². The number of hydrogen-bond acceptors (Lipinski definition) is 3. The summed E-state index contributed by atoms with van der Waals surface area (Å²) >= 11 is 0. The Kier molecular flexibility index (Phi) is 5.11. The van der Waals surface area contributed by atoms with Crippen molar-refractivity contribution in [2.45, 2.75) is 19.1 Å². The number of hydrogen-bond donors (Lipinski definition) is 0. The molecule has 1 unspecified atom stereocenters. The molecule has 1 amide bonds. The van der Waals surface area contributed by atoms with Crippen LogP contribution in [-0.4, -0.2) is 29.9 Å². The number of pyridine rings is 1. The van der Waals surface area contributed by atoms with Crippen LogP contribution >= 0.6 is 0 Å². The van der Waals surface area contributed by atoms with Crippen molar-refractivity contribution < 1.29 is 22.7 Å². The van der Waals surface area contributed by atoms with E-state index in [1.54, 1.807) is 26.3 Å². The van der Waals surface area contributed by atoms with Crippen LogP contribution in [0.3, 0.4) is 0 Å². The predicted octanol–water partition coefficient (Wildman–Crippen LogP) is 3.94. The first-order chi connectivity index (χ1) is 11.2. The van der Waals surface area contributed by atoms with Crippen LogP contribution in [0.25, 0.3) is 0 Å². The lowest BCUT2D eigenvalue weighted by Crippen LogP contribution is -2.29. The molecule has 4 nitrogen and oxygen atoms in total. The average Bonchev–Trinajstić information content (AvgIpc) is 2.59. The zero-order valence-corrected chi connectivity index (χ0v) is 13.5. The molecule has 24 heavy (non-hydrogen) atoms. The van der Waals surface area contributed by atoms with Crippen molar-refractivity contribution >= 4 is 5.91 Å². The summed E-state index contributed by atoms with van der Waals surface area (Å²) in [4.78, 5) is 17.2. The van der Waals surface area contributed by atoms with E-state index in [1.165, 1.54) is 4.90 Å². The number of alkyl halides is 3. The molecule has 0 N–H and O–H groups in total. The Balaban J connectivity index is 2.15.